The molecule has 0 spiro atoms. The second-order valence-corrected chi connectivity index (χ2v) is 11.1. The molecule has 1 fully saturated rings. The standard InChI is InChI=1S/C24H28N8S2/c1-14-15(2)33-21-19(14)22(28-18(27-21)13-32-11-7-8-12-32)34-16(3)20-29-23(25)31-24(30-20)26-17-9-5-4-6-10-17/h4-6,9-10,16H,7-8,11-13H2,1-3H3,(H3,25,26,29,30,31)/t16-/m0/s1. The Morgan fingerprint density at radius 1 is 1.06 bits per heavy atom. The summed E-state index contributed by atoms with van der Waals surface area (Å²) < 4.78 is 0. The molecule has 1 atom stereocenters. The largest absolute Gasteiger partial charge is 0.368 e. The number of likely N-dealkylation sites (tertiary alicyclic amines) is 1. The molecule has 1 aliphatic rings. The summed E-state index contributed by atoms with van der Waals surface area (Å²) in [7, 11) is 0. The van der Waals surface area contributed by atoms with Gasteiger partial charge in [0.05, 0.1) is 11.8 Å². The van der Waals surface area contributed by atoms with Crippen LogP contribution in [0.15, 0.2) is 35.4 Å². The zero-order chi connectivity index (χ0) is 23.7. The minimum absolute atomic E-state index is 0.0704. The second-order valence-electron chi connectivity index (χ2n) is 8.52. The first kappa shape index (κ1) is 22.9. The fourth-order valence-corrected chi connectivity index (χ4v) is 6.25. The summed E-state index contributed by atoms with van der Waals surface area (Å²) in [6, 6.07) is 9.79. The summed E-state index contributed by atoms with van der Waals surface area (Å²) in [5.74, 6) is 2.13. The first-order valence-electron chi connectivity index (χ1n) is 11.5. The number of thioether (sulfide) groups is 1. The number of hydrogen-bond donors (Lipinski definition) is 2. The highest BCUT2D eigenvalue weighted by Gasteiger charge is 2.22. The van der Waals surface area contributed by atoms with Gasteiger partial charge in [0.2, 0.25) is 11.9 Å². The molecule has 4 aromatic rings. The molecule has 34 heavy (non-hydrogen) atoms. The minimum Gasteiger partial charge on any atom is -0.368 e. The summed E-state index contributed by atoms with van der Waals surface area (Å²) in [5, 5.41) is 5.25. The van der Waals surface area contributed by atoms with Gasteiger partial charge in [0, 0.05) is 16.0 Å². The number of anilines is 3. The van der Waals surface area contributed by atoms with Crippen LogP contribution in [-0.4, -0.2) is 42.9 Å². The third kappa shape index (κ3) is 4.98. The summed E-state index contributed by atoms with van der Waals surface area (Å²) in [5.41, 5.74) is 8.17. The number of para-hydroxylation sites is 1. The van der Waals surface area contributed by atoms with Gasteiger partial charge in [-0.25, -0.2) is 9.97 Å². The van der Waals surface area contributed by atoms with Gasteiger partial charge in [-0.2, -0.15) is 15.0 Å². The molecule has 1 aromatic carbocycles. The third-order valence-corrected chi connectivity index (χ3v) is 8.14. The lowest BCUT2D eigenvalue weighted by Crippen LogP contribution is -2.20. The number of nitrogens with zero attached hydrogens (tertiary/aromatic N) is 6. The highest BCUT2D eigenvalue weighted by Crippen LogP contribution is 2.40. The summed E-state index contributed by atoms with van der Waals surface area (Å²) in [4.78, 5) is 28.0. The Kier molecular flexibility index (Phi) is 6.62. The number of aryl methyl sites for hydroxylation is 2. The van der Waals surface area contributed by atoms with Crippen LogP contribution in [-0.2, 0) is 6.54 Å². The van der Waals surface area contributed by atoms with Crippen molar-refractivity contribution in [1.29, 1.82) is 0 Å². The van der Waals surface area contributed by atoms with Crippen LogP contribution >= 0.6 is 23.1 Å². The molecule has 0 radical (unpaired) electrons. The number of nitrogen functional groups attached to an aromatic ring is 1. The SMILES string of the molecule is Cc1sc2nc(CN3CCCC3)nc(S[C@@H](C)c3nc(N)nc(Nc4ccccc4)n3)c2c1C. The van der Waals surface area contributed by atoms with Gasteiger partial charge in [-0.3, -0.25) is 4.90 Å². The molecular weight excluding hydrogens is 464 g/mol. The smallest absolute Gasteiger partial charge is 0.232 e. The van der Waals surface area contributed by atoms with Crippen LogP contribution in [0.4, 0.5) is 17.6 Å². The van der Waals surface area contributed by atoms with E-state index in [1.54, 1.807) is 23.1 Å². The Bertz CT molecular complexity index is 1300. The van der Waals surface area contributed by atoms with Gasteiger partial charge in [0.1, 0.15) is 21.5 Å². The van der Waals surface area contributed by atoms with E-state index >= 15 is 0 Å². The number of fused-ring (bicyclic) bond motifs is 1. The highest BCUT2D eigenvalue weighted by atomic mass is 32.2. The maximum Gasteiger partial charge on any atom is 0.232 e. The molecule has 0 saturated carbocycles. The molecular formula is C24H28N8S2. The normalized spacial score (nSPS) is 15.1. The molecule has 10 heteroatoms. The number of hydrogen-bond acceptors (Lipinski definition) is 10. The van der Waals surface area contributed by atoms with Gasteiger partial charge in [0.25, 0.3) is 0 Å². The summed E-state index contributed by atoms with van der Waals surface area (Å²) in [6.07, 6.45) is 2.50. The number of nitrogens with two attached hydrogens (primary N) is 1. The average Bonchev–Trinajstić information content (AvgIpc) is 3.41. The van der Waals surface area contributed by atoms with E-state index in [9.17, 15) is 0 Å². The van der Waals surface area contributed by atoms with Crippen LogP contribution in [0.3, 0.4) is 0 Å². The van der Waals surface area contributed by atoms with Gasteiger partial charge < -0.3 is 11.1 Å². The van der Waals surface area contributed by atoms with E-state index in [4.69, 9.17) is 15.7 Å². The van der Waals surface area contributed by atoms with E-state index in [2.05, 4.69) is 45.9 Å². The summed E-state index contributed by atoms with van der Waals surface area (Å²) >= 11 is 3.39. The number of thiophene rings is 1. The maximum atomic E-state index is 6.04. The predicted octanol–water partition coefficient (Wildman–Crippen LogP) is 5.27. The van der Waals surface area contributed by atoms with Crippen molar-refractivity contribution < 1.29 is 0 Å². The minimum atomic E-state index is -0.0704. The highest BCUT2D eigenvalue weighted by molar-refractivity contribution is 7.99. The molecule has 5 rings (SSSR count). The molecule has 176 valence electrons. The zero-order valence-electron chi connectivity index (χ0n) is 19.6. The molecule has 0 aliphatic carbocycles. The zero-order valence-corrected chi connectivity index (χ0v) is 21.2. The molecule has 0 unspecified atom stereocenters. The van der Waals surface area contributed by atoms with E-state index in [0.717, 1.165) is 46.4 Å². The van der Waals surface area contributed by atoms with E-state index in [-0.39, 0.29) is 11.2 Å². The Hall–Kier alpha value is -2.82. The van der Waals surface area contributed by atoms with Crippen LogP contribution < -0.4 is 11.1 Å². The van der Waals surface area contributed by atoms with Crippen molar-refractivity contribution in [2.75, 3.05) is 24.1 Å². The van der Waals surface area contributed by atoms with E-state index in [1.807, 2.05) is 30.3 Å². The summed E-state index contributed by atoms with van der Waals surface area (Å²) in [6.45, 7) is 9.39. The van der Waals surface area contributed by atoms with Crippen molar-refractivity contribution >= 4 is 50.9 Å². The van der Waals surface area contributed by atoms with E-state index in [0.29, 0.717) is 11.8 Å². The molecule has 4 heterocycles. The van der Waals surface area contributed by atoms with Crippen molar-refractivity contribution in [2.24, 2.45) is 0 Å². The first-order valence-corrected chi connectivity index (χ1v) is 13.1. The fraction of sp³-hybridized carbons (Fsp3) is 0.375. The Labute approximate surface area is 207 Å². The van der Waals surface area contributed by atoms with Gasteiger partial charge in [-0.1, -0.05) is 30.0 Å². The van der Waals surface area contributed by atoms with Crippen molar-refractivity contribution in [1.82, 2.24) is 29.8 Å². The van der Waals surface area contributed by atoms with Crippen LogP contribution in [0.5, 0.6) is 0 Å². The van der Waals surface area contributed by atoms with Crippen LogP contribution in [0.2, 0.25) is 0 Å². The maximum absolute atomic E-state index is 6.04. The van der Waals surface area contributed by atoms with Crippen LogP contribution in [0.1, 0.15) is 47.1 Å². The Balaban J connectivity index is 1.45. The van der Waals surface area contributed by atoms with Crippen LogP contribution in [0.25, 0.3) is 10.2 Å². The predicted molar refractivity (Wildman–Crippen MR) is 140 cm³/mol. The van der Waals surface area contributed by atoms with Gasteiger partial charge in [-0.15, -0.1) is 11.3 Å². The lowest BCUT2D eigenvalue weighted by molar-refractivity contribution is 0.322. The Morgan fingerprint density at radius 2 is 1.82 bits per heavy atom. The molecule has 1 saturated heterocycles. The van der Waals surface area contributed by atoms with E-state index < -0.39 is 0 Å². The second kappa shape index (κ2) is 9.81. The topological polar surface area (TPSA) is 106 Å². The quantitative estimate of drug-likeness (QED) is 0.264. The number of benzene rings is 1. The van der Waals surface area contributed by atoms with Crippen molar-refractivity contribution in [2.45, 2.75) is 50.4 Å². The molecule has 3 aromatic heterocycles. The molecule has 1 aliphatic heterocycles. The first-order chi connectivity index (χ1) is 16.5. The van der Waals surface area contributed by atoms with E-state index in [1.165, 1.54) is 23.3 Å². The lowest BCUT2D eigenvalue weighted by atomic mass is 10.2. The van der Waals surface area contributed by atoms with Crippen molar-refractivity contribution in [3.05, 3.63) is 52.4 Å². The monoisotopic (exact) mass is 492 g/mol. The number of aromatic nitrogens is 5. The van der Waals surface area contributed by atoms with Gasteiger partial charge in [0.15, 0.2) is 0 Å². The molecule has 8 nitrogen and oxygen atoms in total. The Morgan fingerprint density at radius 3 is 2.59 bits per heavy atom. The molecule has 0 amide bonds. The van der Waals surface area contributed by atoms with Crippen LogP contribution in [0, 0.1) is 13.8 Å². The average molecular weight is 493 g/mol. The van der Waals surface area contributed by atoms with Gasteiger partial charge in [-0.05, 0) is 64.4 Å². The van der Waals surface area contributed by atoms with Crippen molar-refractivity contribution in [3.63, 3.8) is 0 Å². The van der Waals surface area contributed by atoms with Crippen molar-refractivity contribution in [3.8, 4) is 0 Å². The number of rotatable bonds is 7. The third-order valence-electron chi connectivity index (χ3n) is 5.96. The lowest BCUT2D eigenvalue weighted by Gasteiger charge is -2.16. The fourth-order valence-electron chi connectivity index (χ4n) is 4.07. The van der Waals surface area contributed by atoms with Gasteiger partial charge >= 0.3 is 0 Å². The molecule has 3 N–H and O–H groups in total. The molecule has 0 bridgehead atoms. The number of nitrogens with one attached hydrogen (secondary N) is 1.